The fourth-order valence-electron chi connectivity index (χ4n) is 3.06. The number of fused-ring (bicyclic) bond motifs is 1. The van der Waals surface area contributed by atoms with Crippen LogP contribution in [0.15, 0.2) is 41.3 Å². The Morgan fingerprint density at radius 2 is 1.94 bits per heavy atom. The van der Waals surface area contributed by atoms with E-state index in [2.05, 4.69) is 14.8 Å². The van der Waals surface area contributed by atoms with Gasteiger partial charge in [-0.2, -0.15) is 13.1 Å². The summed E-state index contributed by atoms with van der Waals surface area (Å²) >= 11 is 5.76. The minimum Gasteiger partial charge on any atom is -0.485 e. The molecule has 4 N–H and O–H groups in total. The van der Waals surface area contributed by atoms with Crippen LogP contribution in [0.1, 0.15) is 6.92 Å². The lowest BCUT2D eigenvalue weighted by Crippen LogP contribution is -2.50. The molecular formula is C18H20ClFN4O7S2. The van der Waals surface area contributed by atoms with E-state index < -0.39 is 43.3 Å². The molecule has 1 amide bonds. The van der Waals surface area contributed by atoms with Crippen LogP contribution >= 0.6 is 11.6 Å². The molecule has 15 heteroatoms. The van der Waals surface area contributed by atoms with Crippen molar-refractivity contribution in [3.05, 3.63) is 47.2 Å². The summed E-state index contributed by atoms with van der Waals surface area (Å²) in [6.45, 7) is 1.15. The van der Waals surface area contributed by atoms with Crippen LogP contribution in [0.25, 0.3) is 0 Å². The largest absolute Gasteiger partial charge is 0.485 e. The topological polar surface area (TPSA) is 154 Å². The van der Waals surface area contributed by atoms with E-state index in [1.54, 1.807) is 6.92 Å². The van der Waals surface area contributed by atoms with Crippen molar-refractivity contribution in [2.45, 2.75) is 17.9 Å². The number of halogens is 2. The summed E-state index contributed by atoms with van der Waals surface area (Å²) in [6.07, 6.45) is -2.29. The quantitative estimate of drug-likeness (QED) is 0.413. The molecule has 1 aliphatic heterocycles. The van der Waals surface area contributed by atoms with Gasteiger partial charge >= 0.3 is 6.09 Å². The molecular weight excluding hydrogens is 503 g/mol. The Hall–Kier alpha value is -2.65. The summed E-state index contributed by atoms with van der Waals surface area (Å²) in [7, 11) is -8.15. The van der Waals surface area contributed by atoms with Crippen LogP contribution < -0.4 is 23.8 Å². The molecule has 33 heavy (non-hydrogen) atoms. The van der Waals surface area contributed by atoms with Gasteiger partial charge in [-0.15, -0.1) is 0 Å². The molecule has 11 nitrogen and oxygen atoms in total. The Morgan fingerprint density at radius 1 is 1.21 bits per heavy atom. The molecule has 0 saturated heterocycles. The second-order valence-electron chi connectivity index (χ2n) is 6.81. The molecule has 1 aliphatic rings. The lowest BCUT2D eigenvalue weighted by atomic mass is 10.2. The van der Waals surface area contributed by atoms with Gasteiger partial charge in [-0.05, 0) is 36.4 Å². The Kier molecular flexibility index (Phi) is 7.33. The monoisotopic (exact) mass is 522 g/mol. The highest BCUT2D eigenvalue weighted by Gasteiger charge is 2.35. The molecule has 0 radical (unpaired) electrons. The smallest absolute Gasteiger partial charge is 0.409 e. The molecule has 2 aromatic carbocycles. The van der Waals surface area contributed by atoms with Gasteiger partial charge in [0.05, 0.1) is 28.7 Å². The molecule has 0 spiro atoms. The van der Waals surface area contributed by atoms with Gasteiger partial charge in [0.2, 0.25) is 0 Å². The van der Waals surface area contributed by atoms with Crippen LogP contribution in [0.2, 0.25) is 5.02 Å². The van der Waals surface area contributed by atoms with Gasteiger partial charge < -0.3 is 9.84 Å². The standard InChI is InChI=1S/C18H20ClFN4O7S2/c1-2-21-33(29,30)22-9-12-10-24(32(27,28)13-4-5-15(20)14(19)8-13)16-7-11(23-18(25)26)3-6-17(16)31-12/h3-8,12,21-23H,2,9-10H2,1H3,(H,25,26). The second-order valence-corrected chi connectivity index (χ2v) is 10.7. The molecule has 1 heterocycles. The fraction of sp³-hybridized carbons (Fsp3) is 0.278. The van der Waals surface area contributed by atoms with Crippen LogP contribution in [-0.2, 0) is 20.2 Å². The van der Waals surface area contributed by atoms with Gasteiger partial charge in [0.1, 0.15) is 17.7 Å². The van der Waals surface area contributed by atoms with Crippen molar-refractivity contribution < 1.29 is 35.9 Å². The van der Waals surface area contributed by atoms with Crippen molar-refractivity contribution in [2.75, 3.05) is 29.3 Å². The Balaban J connectivity index is 2.01. The molecule has 2 aromatic rings. The first-order valence-corrected chi connectivity index (χ1v) is 12.8. The van der Waals surface area contributed by atoms with E-state index in [-0.39, 0.29) is 41.7 Å². The van der Waals surface area contributed by atoms with E-state index in [0.29, 0.717) is 0 Å². The normalized spacial score (nSPS) is 16.1. The van der Waals surface area contributed by atoms with Crippen molar-refractivity contribution in [3.8, 4) is 5.75 Å². The predicted octanol–water partition coefficient (Wildman–Crippen LogP) is 1.97. The molecule has 0 saturated carbocycles. The number of carboxylic acid groups (broad SMARTS) is 1. The zero-order chi connectivity index (χ0) is 24.4. The lowest BCUT2D eigenvalue weighted by Gasteiger charge is -2.35. The molecule has 1 unspecified atom stereocenters. The van der Waals surface area contributed by atoms with Crippen molar-refractivity contribution in [1.82, 2.24) is 9.44 Å². The molecule has 0 fully saturated rings. The average molecular weight is 523 g/mol. The first-order valence-electron chi connectivity index (χ1n) is 9.45. The molecule has 0 aliphatic carbocycles. The average Bonchev–Trinajstić information content (AvgIpc) is 2.73. The van der Waals surface area contributed by atoms with Gasteiger partial charge in [-0.3, -0.25) is 9.62 Å². The van der Waals surface area contributed by atoms with Crippen LogP contribution in [0.5, 0.6) is 5.75 Å². The minimum atomic E-state index is -4.32. The van der Waals surface area contributed by atoms with Gasteiger partial charge in [-0.1, -0.05) is 18.5 Å². The highest BCUT2D eigenvalue weighted by molar-refractivity contribution is 7.92. The van der Waals surface area contributed by atoms with Gasteiger partial charge in [-0.25, -0.2) is 22.3 Å². The third-order valence-corrected chi connectivity index (χ3v) is 7.74. The zero-order valence-electron chi connectivity index (χ0n) is 17.1. The van der Waals surface area contributed by atoms with E-state index >= 15 is 0 Å². The molecule has 0 bridgehead atoms. The SMILES string of the molecule is CCNS(=O)(=O)NCC1CN(S(=O)(=O)c2ccc(F)c(Cl)c2)c2cc(NC(=O)O)ccc2O1. The number of rotatable bonds is 8. The first-order chi connectivity index (χ1) is 15.4. The molecule has 180 valence electrons. The Morgan fingerprint density at radius 3 is 2.58 bits per heavy atom. The number of carbonyl (C=O) groups is 1. The number of nitrogens with zero attached hydrogens (tertiary/aromatic N) is 1. The number of sulfonamides is 1. The minimum absolute atomic E-state index is 0.00693. The number of benzene rings is 2. The summed E-state index contributed by atoms with van der Waals surface area (Å²) in [4.78, 5) is 10.7. The number of nitrogens with one attached hydrogen (secondary N) is 3. The molecule has 0 aromatic heterocycles. The highest BCUT2D eigenvalue weighted by Crippen LogP contribution is 2.39. The van der Waals surface area contributed by atoms with Gasteiger partial charge in [0.15, 0.2) is 0 Å². The summed E-state index contributed by atoms with van der Waals surface area (Å²) in [5.41, 5.74) is 0.0842. The van der Waals surface area contributed by atoms with Crippen LogP contribution in [0.3, 0.4) is 0 Å². The van der Waals surface area contributed by atoms with Crippen LogP contribution in [0, 0.1) is 5.82 Å². The lowest BCUT2D eigenvalue weighted by molar-refractivity contribution is 0.203. The van der Waals surface area contributed by atoms with Gasteiger partial charge in [0.25, 0.3) is 20.2 Å². The maximum absolute atomic E-state index is 13.6. The molecule has 3 rings (SSSR count). The number of amides is 1. The third kappa shape index (κ3) is 5.83. The maximum Gasteiger partial charge on any atom is 0.409 e. The second kappa shape index (κ2) is 9.69. The predicted molar refractivity (Wildman–Crippen MR) is 119 cm³/mol. The number of anilines is 2. The van der Waals surface area contributed by atoms with Crippen molar-refractivity contribution >= 4 is 49.3 Å². The summed E-state index contributed by atoms with van der Waals surface area (Å²) in [6, 6.07) is 6.85. The summed E-state index contributed by atoms with van der Waals surface area (Å²) < 4.78 is 75.4. The van der Waals surface area contributed by atoms with Crippen molar-refractivity contribution in [2.24, 2.45) is 0 Å². The number of hydrogen-bond acceptors (Lipinski definition) is 6. The zero-order valence-corrected chi connectivity index (χ0v) is 19.5. The van der Waals surface area contributed by atoms with E-state index in [0.717, 1.165) is 22.5 Å². The van der Waals surface area contributed by atoms with Crippen molar-refractivity contribution in [3.63, 3.8) is 0 Å². The van der Waals surface area contributed by atoms with E-state index in [1.807, 2.05) is 0 Å². The first kappa shape index (κ1) is 25.0. The van der Waals surface area contributed by atoms with E-state index in [4.69, 9.17) is 21.4 Å². The van der Waals surface area contributed by atoms with Gasteiger partial charge in [0, 0.05) is 12.2 Å². The Bertz CT molecular complexity index is 1270. The maximum atomic E-state index is 13.6. The van der Waals surface area contributed by atoms with Crippen LogP contribution in [-0.4, -0.2) is 53.8 Å². The van der Waals surface area contributed by atoms with Crippen molar-refractivity contribution in [1.29, 1.82) is 0 Å². The summed E-state index contributed by atoms with van der Waals surface area (Å²) in [5, 5.41) is 10.7. The Labute approximate surface area is 194 Å². The fourth-order valence-corrected chi connectivity index (χ4v) is 5.71. The van der Waals surface area contributed by atoms with E-state index in [9.17, 15) is 26.0 Å². The highest BCUT2D eigenvalue weighted by atomic mass is 35.5. The molecule has 1 atom stereocenters. The van der Waals surface area contributed by atoms with Crippen LogP contribution in [0.4, 0.5) is 20.6 Å². The summed E-state index contributed by atoms with van der Waals surface area (Å²) in [5.74, 6) is -0.733. The number of ether oxygens (including phenoxy) is 1. The third-order valence-electron chi connectivity index (χ3n) is 4.46. The number of hydrogen-bond donors (Lipinski definition) is 4. The van der Waals surface area contributed by atoms with E-state index in [1.165, 1.54) is 18.2 Å².